The third-order valence-electron chi connectivity index (χ3n) is 3.54. The standard InChI is InChI=1S/C18H31N/c1-5-10-17(15-19-18(2,3)4)14-9-13-16-11-7-6-8-12-16/h6-8,11-12,17,19H,5,9-10,13-15H2,1-4H3. The molecule has 0 spiro atoms. The van der Waals surface area contributed by atoms with E-state index in [0.717, 1.165) is 12.5 Å². The van der Waals surface area contributed by atoms with Crippen LogP contribution in [0.15, 0.2) is 30.3 Å². The van der Waals surface area contributed by atoms with E-state index in [-0.39, 0.29) is 5.54 Å². The maximum atomic E-state index is 3.66. The summed E-state index contributed by atoms with van der Waals surface area (Å²) in [6.45, 7) is 10.2. The Kier molecular flexibility index (Phi) is 7.15. The van der Waals surface area contributed by atoms with Crippen LogP contribution in [0.2, 0.25) is 0 Å². The van der Waals surface area contributed by atoms with Crippen LogP contribution in [-0.2, 0) is 6.42 Å². The Bertz CT molecular complexity index is 323. The van der Waals surface area contributed by atoms with E-state index in [0.29, 0.717) is 0 Å². The zero-order chi connectivity index (χ0) is 14.1. The molecule has 0 heterocycles. The van der Waals surface area contributed by atoms with Gasteiger partial charge in [-0.25, -0.2) is 0 Å². The summed E-state index contributed by atoms with van der Waals surface area (Å²) in [5.74, 6) is 0.827. The molecule has 1 nitrogen and oxygen atoms in total. The first-order chi connectivity index (χ1) is 9.01. The van der Waals surface area contributed by atoms with Crippen molar-refractivity contribution >= 4 is 0 Å². The van der Waals surface area contributed by atoms with E-state index in [4.69, 9.17) is 0 Å². The van der Waals surface area contributed by atoms with E-state index in [9.17, 15) is 0 Å². The average Bonchev–Trinajstić information content (AvgIpc) is 2.36. The van der Waals surface area contributed by atoms with E-state index < -0.39 is 0 Å². The number of nitrogens with one attached hydrogen (secondary N) is 1. The van der Waals surface area contributed by atoms with Gasteiger partial charge in [-0.1, -0.05) is 43.7 Å². The first kappa shape index (κ1) is 16.2. The summed E-state index contributed by atoms with van der Waals surface area (Å²) < 4.78 is 0. The van der Waals surface area contributed by atoms with Crippen molar-refractivity contribution in [3.05, 3.63) is 35.9 Å². The van der Waals surface area contributed by atoms with Gasteiger partial charge in [-0.05, 0) is 64.5 Å². The van der Waals surface area contributed by atoms with Crippen molar-refractivity contribution in [3.63, 3.8) is 0 Å². The average molecular weight is 261 g/mol. The first-order valence-corrected chi connectivity index (χ1v) is 7.80. The number of hydrogen-bond donors (Lipinski definition) is 1. The molecule has 0 fully saturated rings. The Morgan fingerprint density at radius 3 is 2.32 bits per heavy atom. The lowest BCUT2D eigenvalue weighted by Gasteiger charge is -2.25. The summed E-state index contributed by atoms with van der Waals surface area (Å²) in [6, 6.07) is 10.8. The lowest BCUT2D eigenvalue weighted by molar-refractivity contribution is 0.339. The second-order valence-electron chi connectivity index (χ2n) is 6.66. The van der Waals surface area contributed by atoms with Gasteiger partial charge in [0.15, 0.2) is 0 Å². The Morgan fingerprint density at radius 1 is 1.05 bits per heavy atom. The van der Waals surface area contributed by atoms with Crippen LogP contribution in [0.4, 0.5) is 0 Å². The molecule has 1 heteroatoms. The summed E-state index contributed by atoms with van der Waals surface area (Å²) in [6.07, 6.45) is 6.50. The van der Waals surface area contributed by atoms with Gasteiger partial charge in [0, 0.05) is 5.54 Å². The monoisotopic (exact) mass is 261 g/mol. The summed E-state index contributed by atoms with van der Waals surface area (Å²) >= 11 is 0. The number of rotatable bonds is 8. The Labute approximate surface area is 119 Å². The lowest BCUT2D eigenvalue weighted by atomic mass is 9.94. The molecule has 0 aromatic heterocycles. The highest BCUT2D eigenvalue weighted by atomic mass is 14.9. The van der Waals surface area contributed by atoms with Crippen LogP contribution in [-0.4, -0.2) is 12.1 Å². The molecule has 0 aliphatic carbocycles. The molecule has 1 rings (SSSR count). The van der Waals surface area contributed by atoms with Gasteiger partial charge in [0.1, 0.15) is 0 Å². The van der Waals surface area contributed by atoms with Crippen LogP contribution in [0.5, 0.6) is 0 Å². The van der Waals surface area contributed by atoms with Crippen molar-refractivity contribution in [2.24, 2.45) is 5.92 Å². The molecule has 0 saturated carbocycles. The highest BCUT2D eigenvalue weighted by Crippen LogP contribution is 2.16. The summed E-state index contributed by atoms with van der Waals surface area (Å²) in [4.78, 5) is 0. The summed E-state index contributed by atoms with van der Waals surface area (Å²) in [5, 5.41) is 3.66. The minimum atomic E-state index is 0.241. The molecule has 0 radical (unpaired) electrons. The van der Waals surface area contributed by atoms with Crippen LogP contribution in [0.1, 0.15) is 58.9 Å². The zero-order valence-electron chi connectivity index (χ0n) is 13.2. The number of hydrogen-bond acceptors (Lipinski definition) is 1. The van der Waals surface area contributed by atoms with Crippen LogP contribution in [0.3, 0.4) is 0 Å². The number of aryl methyl sites for hydroxylation is 1. The molecule has 19 heavy (non-hydrogen) atoms. The lowest BCUT2D eigenvalue weighted by Crippen LogP contribution is -2.39. The molecule has 1 N–H and O–H groups in total. The molecular weight excluding hydrogens is 230 g/mol. The molecule has 1 atom stereocenters. The van der Waals surface area contributed by atoms with Gasteiger partial charge in [-0.15, -0.1) is 0 Å². The molecule has 108 valence electrons. The maximum Gasteiger partial charge on any atom is 0.00966 e. The highest BCUT2D eigenvalue weighted by Gasteiger charge is 2.13. The third-order valence-corrected chi connectivity index (χ3v) is 3.54. The molecule has 0 aliphatic rings. The molecule has 1 unspecified atom stereocenters. The maximum absolute atomic E-state index is 3.66. The summed E-state index contributed by atoms with van der Waals surface area (Å²) in [7, 11) is 0. The first-order valence-electron chi connectivity index (χ1n) is 7.80. The van der Waals surface area contributed by atoms with Crippen molar-refractivity contribution in [2.75, 3.05) is 6.54 Å². The second kappa shape index (κ2) is 8.37. The van der Waals surface area contributed by atoms with Crippen LogP contribution >= 0.6 is 0 Å². The normalized spacial score (nSPS) is 13.5. The fourth-order valence-corrected chi connectivity index (χ4v) is 2.45. The SMILES string of the molecule is CCCC(CCCc1ccccc1)CNC(C)(C)C. The van der Waals surface area contributed by atoms with Crippen molar-refractivity contribution in [3.8, 4) is 0 Å². The predicted octanol–water partition coefficient (Wildman–Crippen LogP) is 4.81. The molecular formula is C18H31N. The molecule has 0 saturated heterocycles. The molecule has 0 amide bonds. The quantitative estimate of drug-likeness (QED) is 0.708. The van der Waals surface area contributed by atoms with Crippen LogP contribution in [0.25, 0.3) is 0 Å². The van der Waals surface area contributed by atoms with E-state index in [1.54, 1.807) is 0 Å². The Balaban J connectivity index is 2.29. The minimum absolute atomic E-state index is 0.241. The van der Waals surface area contributed by atoms with Gasteiger partial charge < -0.3 is 5.32 Å². The molecule has 1 aromatic carbocycles. The van der Waals surface area contributed by atoms with Crippen molar-refractivity contribution in [2.45, 2.75) is 65.3 Å². The minimum Gasteiger partial charge on any atom is -0.312 e. The smallest absolute Gasteiger partial charge is 0.00966 e. The van der Waals surface area contributed by atoms with Crippen LogP contribution < -0.4 is 5.32 Å². The van der Waals surface area contributed by atoms with Gasteiger partial charge in [0.25, 0.3) is 0 Å². The number of benzene rings is 1. The van der Waals surface area contributed by atoms with Gasteiger partial charge in [-0.3, -0.25) is 0 Å². The third kappa shape index (κ3) is 8.05. The Morgan fingerprint density at radius 2 is 1.74 bits per heavy atom. The van der Waals surface area contributed by atoms with Gasteiger partial charge in [0.2, 0.25) is 0 Å². The van der Waals surface area contributed by atoms with E-state index in [1.165, 1.54) is 37.7 Å². The van der Waals surface area contributed by atoms with E-state index in [2.05, 4.69) is 63.3 Å². The molecule has 1 aromatic rings. The molecule has 0 aliphatic heterocycles. The molecule has 0 bridgehead atoms. The summed E-state index contributed by atoms with van der Waals surface area (Å²) in [5.41, 5.74) is 1.72. The van der Waals surface area contributed by atoms with Crippen LogP contribution in [0, 0.1) is 5.92 Å². The van der Waals surface area contributed by atoms with E-state index >= 15 is 0 Å². The topological polar surface area (TPSA) is 12.0 Å². The largest absolute Gasteiger partial charge is 0.312 e. The van der Waals surface area contributed by atoms with Gasteiger partial charge in [-0.2, -0.15) is 0 Å². The van der Waals surface area contributed by atoms with Gasteiger partial charge >= 0.3 is 0 Å². The van der Waals surface area contributed by atoms with Gasteiger partial charge in [0.05, 0.1) is 0 Å². The second-order valence-corrected chi connectivity index (χ2v) is 6.66. The fraction of sp³-hybridized carbons (Fsp3) is 0.667. The van der Waals surface area contributed by atoms with E-state index in [1.807, 2.05) is 0 Å². The van der Waals surface area contributed by atoms with Crippen molar-refractivity contribution in [1.82, 2.24) is 5.32 Å². The van der Waals surface area contributed by atoms with Crippen molar-refractivity contribution < 1.29 is 0 Å². The highest BCUT2D eigenvalue weighted by molar-refractivity contribution is 5.14. The van der Waals surface area contributed by atoms with Crippen molar-refractivity contribution in [1.29, 1.82) is 0 Å². The predicted molar refractivity (Wildman–Crippen MR) is 85.5 cm³/mol. The Hall–Kier alpha value is -0.820. The fourth-order valence-electron chi connectivity index (χ4n) is 2.45. The zero-order valence-corrected chi connectivity index (χ0v) is 13.2.